The SMILES string of the molecule is Bc1c(C2CC2)nc(O)c(C#N)c1C. The van der Waals surface area contributed by atoms with Gasteiger partial charge in [-0.25, -0.2) is 4.98 Å². The van der Waals surface area contributed by atoms with Crippen molar-refractivity contribution < 1.29 is 5.11 Å². The lowest BCUT2D eigenvalue weighted by Crippen LogP contribution is -2.17. The van der Waals surface area contributed by atoms with Gasteiger partial charge in [0.1, 0.15) is 19.5 Å². The van der Waals surface area contributed by atoms with E-state index in [-0.39, 0.29) is 5.88 Å². The molecule has 0 radical (unpaired) electrons. The van der Waals surface area contributed by atoms with E-state index in [9.17, 15) is 5.11 Å². The van der Waals surface area contributed by atoms with Crippen molar-refractivity contribution in [2.45, 2.75) is 25.7 Å². The van der Waals surface area contributed by atoms with Gasteiger partial charge in [-0.1, -0.05) is 5.46 Å². The first kappa shape index (κ1) is 9.08. The highest BCUT2D eigenvalue weighted by molar-refractivity contribution is 6.34. The molecule has 0 bridgehead atoms. The van der Waals surface area contributed by atoms with Gasteiger partial charge in [0.05, 0.1) is 0 Å². The van der Waals surface area contributed by atoms with Crippen LogP contribution in [-0.4, -0.2) is 17.9 Å². The predicted octanol–water partition coefficient (Wildman–Crippen LogP) is 0.103. The maximum atomic E-state index is 9.54. The van der Waals surface area contributed by atoms with Crippen molar-refractivity contribution in [3.8, 4) is 11.9 Å². The zero-order valence-electron chi connectivity index (χ0n) is 8.33. The highest BCUT2D eigenvalue weighted by atomic mass is 16.3. The summed E-state index contributed by atoms with van der Waals surface area (Å²) in [7, 11) is 1.97. The van der Waals surface area contributed by atoms with Crippen molar-refractivity contribution in [2.75, 3.05) is 0 Å². The molecule has 1 heterocycles. The van der Waals surface area contributed by atoms with Crippen molar-refractivity contribution >= 4 is 13.3 Å². The fraction of sp³-hybridized carbons (Fsp3) is 0.400. The summed E-state index contributed by atoms with van der Waals surface area (Å²) in [5.74, 6) is 0.393. The zero-order chi connectivity index (χ0) is 10.3. The quantitative estimate of drug-likeness (QED) is 0.633. The van der Waals surface area contributed by atoms with Gasteiger partial charge in [-0.15, -0.1) is 0 Å². The molecule has 0 aromatic carbocycles. The van der Waals surface area contributed by atoms with Crippen LogP contribution < -0.4 is 5.46 Å². The Kier molecular flexibility index (Phi) is 1.96. The van der Waals surface area contributed by atoms with Crippen LogP contribution in [0.3, 0.4) is 0 Å². The minimum Gasteiger partial charge on any atom is -0.492 e. The Bertz CT molecular complexity index is 433. The molecule has 1 N–H and O–H groups in total. The number of rotatable bonds is 1. The first-order valence-corrected chi connectivity index (χ1v) is 4.75. The molecule has 1 aromatic rings. The summed E-state index contributed by atoms with van der Waals surface area (Å²) in [6.45, 7) is 1.86. The second-order valence-corrected chi connectivity index (χ2v) is 3.83. The molecule has 1 aliphatic rings. The predicted molar refractivity (Wildman–Crippen MR) is 55.5 cm³/mol. The van der Waals surface area contributed by atoms with Gasteiger partial charge in [0.15, 0.2) is 0 Å². The molecular formula is C10H11BN2O. The second-order valence-electron chi connectivity index (χ2n) is 3.83. The maximum absolute atomic E-state index is 9.54. The molecular weight excluding hydrogens is 175 g/mol. The molecule has 1 aliphatic carbocycles. The van der Waals surface area contributed by atoms with Gasteiger partial charge in [-0.05, 0) is 25.3 Å². The highest BCUT2D eigenvalue weighted by Crippen LogP contribution is 2.39. The first-order valence-electron chi connectivity index (χ1n) is 4.75. The van der Waals surface area contributed by atoms with Gasteiger partial charge in [0.2, 0.25) is 5.88 Å². The summed E-state index contributed by atoms with van der Waals surface area (Å²) < 4.78 is 0. The molecule has 1 fully saturated rings. The van der Waals surface area contributed by atoms with E-state index >= 15 is 0 Å². The van der Waals surface area contributed by atoms with Crippen LogP contribution in [0, 0.1) is 18.3 Å². The number of aromatic nitrogens is 1. The molecule has 0 unspecified atom stereocenters. The first-order chi connectivity index (χ1) is 6.65. The van der Waals surface area contributed by atoms with Gasteiger partial charge in [-0.2, -0.15) is 5.26 Å². The summed E-state index contributed by atoms with van der Waals surface area (Å²) in [5.41, 5.74) is 3.20. The summed E-state index contributed by atoms with van der Waals surface area (Å²) in [4.78, 5) is 4.10. The van der Waals surface area contributed by atoms with Crippen molar-refractivity contribution in [3.63, 3.8) is 0 Å². The molecule has 1 saturated carbocycles. The third-order valence-corrected chi connectivity index (χ3v) is 2.85. The van der Waals surface area contributed by atoms with E-state index in [1.165, 1.54) is 0 Å². The minimum absolute atomic E-state index is 0.113. The van der Waals surface area contributed by atoms with Crippen LogP contribution in [-0.2, 0) is 0 Å². The van der Waals surface area contributed by atoms with E-state index in [0.717, 1.165) is 29.6 Å². The molecule has 3 nitrogen and oxygen atoms in total. The van der Waals surface area contributed by atoms with Crippen LogP contribution in [0.5, 0.6) is 5.88 Å². The van der Waals surface area contributed by atoms with E-state index in [2.05, 4.69) is 4.98 Å². The number of hydrogen-bond donors (Lipinski definition) is 1. The third kappa shape index (κ3) is 1.25. The number of aromatic hydroxyl groups is 1. The van der Waals surface area contributed by atoms with Crippen LogP contribution >= 0.6 is 0 Å². The minimum atomic E-state index is -0.113. The summed E-state index contributed by atoms with van der Waals surface area (Å²) in [6, 6.07) is 1.98. The summed E-state index contributed by atoms with van der Waals surface area (Å²) >= 11 is 0. The van der Waals surface area contributed by atoms with Crippen LogP contribution in [0.25, 0.3) is 0 Å². The average molecular weight is 186 g/mol. The Labute approximate surface area is 83.8 Å². The lowest BCUT2D eigenvalue weighted by Gasteiger charge is -2.09. The molecule has 4 heteroatoms. The molecule has 1 aromatic heterocycles. The van der Waals surface area contributed by atoms with Gasteiger partial charge < -0.3 is 5.11 Å². The second kappa shape index (κ2) is 3.02. The zero-order valence-corrected chi connectivity index (χ0v) is 8.33. The smallest absolute Gasteiger partial charge is 0.229 e. The van der Waals surface area contributed by atoms with Crippen LogP contribution in [0.15, 0.2) is 0 Å². The Hall–Kier alpha value is -1.50. The summed E-state index contributed by atoms with van der Waals surface area (Å²) in [6.07, 6.45) is 2.30. The average Bonchev–Trinajstić information content (AvgIpc) is 2.95. The fourth-order valence-electron chi connectivity index (χ4n) is 1.69. The number of pyridine rings is 1. The number of nitriles is 1. The van der Waals surface area contributed by atoms with Crippen molar-refractivity contribution in [1.29, 1.82) is 5.26 Å². The molecule has 0 spiro atoms. The highest BCUT2D eigenvalue weighted by Gasteiger charge is 2.28. The maximum Gasteiger partial charge on any atom is 0.229 e. The van der Waals surface area contributed by atoms with Gasteiger partial charge >= 0.3 is 0 Å². The van der Waals surface area contributed by atoms with Crippen LogP contribution in [0.2, 0.25) is 0 Å². The van der Waals surface area contributed by atoms with E-state index < -0.39 is 0 Å². The molecule has 0 atom stereocenters. The molecule has 70 valence electrons. The van der Waals surface area contributed by atoms with Gasteiger partial charge in [-0.3, -0.25) is 0 Å². The fourth-order valence-corrected chi connectivity index (χ4v) is 1.69. The van der Waals surface area contributed by atoms with E-state index in [0.29, 0.717) is 11.5 Å². The van der Waals surface area contributed by atoms with Gasteiger partial charge in [0.25, 0.3) is 0 Å². The molecule has 0 aliphatic heterocycles. The molecule has 0 amide bonds. The third-order valence-electron chi connectivity index (χ3n) is 2.85. The lowest BCUT2D eigenvalue weighted by molar-refractivity contribution is 0.449. The summed E-state index contributed by atoms with van der Waals surface area (Å²) in [5, 5.41) is 18.4. The topological polar surface area (TPSA) is 56.9 Å². The van der Waals surface area contributed by atoms with Crippen molar-refractivity contribution in [3.05, 3.63) is 16.8 Å². The molecule has 0 saturated heterocycles. The Morgan fingerprint density at radius 1 is 1.57 bits per heavy atom. The van der Waals surface area contributed by atoms with Crippen LogP contribution in [0.4, 0.5) is 0 Å². The molecule has 14 heavy (non-hydrogen) atoms. The number of nitrogens with zero attached hydrogens (tertiary/aromatic N) is 2. The van der Waals surface area contributed by atoms with E-state index in [1.54, 1.807) is 0 Å². The Balaban J connectivity index is 2.62. The van der Waals surface area contributed by atoms with E-state index in [1.807, 2.05) is 20.8 Å². The van der Waals surface area contributed by atoms with Crippen LogP contribution in [0.1, 0.15) is 35.6 Å². The van der Waals surface area contributed by atoms with E-state index in [4.69, 9.17) is 5.26 Å². The van der Waals surface area contributed by atoms with Crippen molar-refractivity contribution in [1.82, 2.24) is 4.98 Å². The normalized spacial score (nSPS) is 15.1. The Morgan fingerprint density at radius 3 is 2.71 bits per heavy atom. The van der Waals surface area contributed by atoms with Gasteiger partial charge in [0, 0.05) is 11.6 Å². The lowest BCUT2D eigenvalue weighted by atomic mass is 9.86. The standard InChI is InChI=1S/C10H11BN2O/c1-5-7(4-12)10(14)13-9(8(5)11)6-2-3-6/h6H,2-3,11H2,1H3,(H,13,14). The molecule has 2 rings (SSSR count). The van der Waals surface area contributed by atoms with Crippen molar-refractivity contribution in [2.24, 2.45) is 0 Å². The monoisotopic (exact) mass is 186 g/mol. The Morgan fingerprint density at radius 2 is 2.21 bits per heavy atom. The largest absolute Gasteiger partial charge is 0.492 e. The number of hydrogen-bond acceptors (Lipinski definition) is 3.